The van der Waals surface area contributed by atoms with Gasteiger partial charge < -0.3 is 10.1 Å². The minimum Gasteiger partial charge on any atom is -0.388 e. The first kappa shape index (κ1) is 28.6. The van der Waals surface area contributed by atoms with Crippen molar-refractivity contribution in [2.24, 2.45) is 63.6 Å². The van der Waals surface area contributed by atoms with Gasteiger partial charge in [-0.1, -0.05) is 68.2 Å². The van der Waals surface area contributed by atoms with Gasteiger partial charge in [-0.05, 0) is 133 Å². The minimum atomic E-state index is 0.203. The monoisotopic (exact) mass is 537 g/mol. The Labute approximate surface area is 242 Å². The summed E-state index contributed by atoms with van der Waals surface area (Å²) >= 11 is 0. The molecule has 6 aliphatic rings. The number of nitrogens with one attached hydrogen (secondary N) is 1. The number of rotatable bonds is 4. The van der Waals surface area contributed by atoms with E-state index in [0.717, 1.165) is 60.3 Å². The van der Waals surface area contributed by atoms with Crippen LogP contribution in [0.5, 0.6) is 0 Å². The van der Waals surface area contributed by atoms with Crippen LogP contribution >= 0.6 is 0 Å². The lowest BCUT2D eigenvalue weighted by Gasteiger charge is -2.54. The van der Waals surface area contributed by atoms with Gasteiger partial charge in [0.2, 0.25) is 0 Å². The summed E-state index contributed by atoms with van der Waals surface area (Å²) < 4.78 is 7.19. The normalized spacial score (nSPS) is 43.2. The van der Waals surface area contributed by atoms with Crippen molar-refractivity contribution in [3.8, 4) is 0 Å². The third kappa shape index (κ3) is 5.52. The Morgan fingerprint density at radius 1 is 0.744 bits per heavy atom. The van der Waals surface area contributed by atoms with Crippen molar-refractivity contribution in [3.63, 3.8) is 0 Å². The lowest BCUT2D eigenvalue weighted by molar-refractivity contribution is -0.0945. The molecule has 2 heteroatoms. The van der Waals surface area contributed by atoms with E-state index in [0.29, 0.717) is 23.0 Å². The van der Waals surface area contributed by atoms with Crippen LogP contribution in [0.2, 0.25) is 0 Å². The Hall–Kier alpha value is -0.500. The molecule has 0 spiro atoms. The van der Waals surface area contributed by atoms with E-state index in [4.69, 9.17) is 4.74 Å². The van der Waals surface area contributed by atoms with Crippen LogP contribution < -0.4 is 5.32 Å². The largest absolute Gasteiger partial charge is 0.388 e. The number of hydrogen-bond donors (Lipinski definition) is 1. The molecule has 0 aromatic carbocycles. The summed E-state index contributed by atoms with van der Waals surface area (Å²) in [6.07, 6.45) is 19.3. The van der Waals surface area contributed by atoms with Gasteiger partial charge in [0.05, 0.1) is 12.2 Å². The summed E-state index contributed by atoms with van der Waals surface area (Å²) in [7, 11) is 0. The molecule has 2 aliphatic heterocycles. The highest BCUT2D eigenvalue weighted by molar-refractivity contribution is 5.27. The standard InChI is InChI=1S/C37H63NO/c1-35(2,3)31-20-24-13-12-23(24)18-26(31)22-37(7,8)27-14-15-29(28-11-9-10-25(28)19-27)34-30-16-17-38-32(30)21-33(39-34)36(4,5)6/h23-29,31,33-34,38H,9-22H2,1-8H3. The first-order chi connectivity index (χ1) is 18.3. The molecule has 6 rings (SSSR count). The molecule has 4 fully saturated rings. The number of ether oxygens (including phenoxy) is 1. The zero-order chi connectivity index (χ0) is 27.7. The lowest BCUT2D eigenvalue weighted by Crippen LogP contribution is -2.44. The maximum atomic E-state index is 7.19. The molecule has 0 bridgehead atoms. The number of hydrogen-bond acceptors (Lipinski definition) is 2. The van der Waals surface area contributed by atoms with Gasteiger partial charge in [-0.15, -0.1) is 0 Å². The van der Waals surface area contributed by atoms with E-state index in [2.05, 4.69) is 60.7 Å². The zero-order valence-corrected chi connectivity index (χ0v) is 27.1. The number of fused-ring (bicyclic) bond motifs is 2. The van der Waals surface area contributed by atoms with Gasteiger partial charge in [0.1, 0.15) is 0 Å². The van der Waals surface area contributed by atoms with Gasteiger partial charge in [0.15, 0.2) is 0 Å². The van der Waals surface area contributed by atoms with Crippen molar-refractivity contribution >= 4 is 0 Å². The summed E-state index contributed by atoms with van der Waals surface area (Å²) in [6, 6.07) is 0. The summed E-state index contributed by atoms with van der Waals surface area (Å²) in [4.78, 5) is 0. The van der Waals surface area contributed by atoms with Crippen LogP contribution in [-0.4, -0.2) is 18.8 Å². The third-order valence-corrected chi connectivity index (χ3v) is 13.5. The zero-order valence-electron chi connectivity index (χ0n) is 27.1. The van der Waals surface area contributed by atoms with E-state index >= 15 is 0 Å². The Bertz CT molecular complexity index is 917. The van der Waals surface area contributed by atoms with E-state index in [1.807, 2.05) is 0 Å². The summed E-state index contributed by atoms with van der Waals surface area (Å²) in [6.45, 7) is 21.3. The van der Waals surface area contributed by atoms with Gasteiger partial charge in [-0.2, -0.15) is 0 Å². The SMILES string of the molecule is CC(C)(C)C1CC2=C(CCN2)C(C2CCC(C(C)(C)CC3CC4CCC4CC3C(C)(C)C)CC3CCCC32)O1. The molecular formula is C37H63NO. The van der Waals surface area contributed by atoms with Crippen LogP contribution in [0.15, 0.2) is 11.3 Å². The van der Waals surface area contributed by atoms with Gasteiger partial charge >= 0.3 is 0 Å². The first-order valence-electron chi connectivity index (χ1n) is 17.4. The summed E-state index contributed by atoms with van der Waals surface area (Å²) in [5, 5.41) is 3.81. The molecule has 0 aromatic heterocycles. The van der Waals surface area contributed by atoms with E-state index in [9.17, 15) is 0 Å². The molecule has 222 valence electrons. The fourth-order valence-electron chi connectivity index (χ4n) is 11.0. The molecule has 10 unspecified atom stereocenters. The highest BCUT2D eigenvalue weighted by atomic mass is 16.5. The van der Waals surface area contributed by atoms with Gasteiger partial charge in [-0.25, -0.2) is 0 Å². The Morgan fingerprint density at radius 2 is 1.49 bits per heavy atom. The predicted molar refractivity (Wildman–Crippen MR) is 164 cm³/mol. The molecule has 4 saturated carbocycles. The van der Waals surface area contributed by atoms with Gasteiger partial charge in [0.25, 0.3) is 0 Å². The van der Waals surface area contributed by atoms with Crippen LogP contribution in [0.25, 0.3) is 0 Å². The smallest absolute Gasteiger partial charge is 0.0840 e. The third-order valence-electron chi connectivity index (χ3n) is 13.5. The topological polar surface area (TPSA) is 21.3 Å². The predicted octanol–water partition coefficient (Wildman–Crippen LogP) is 9.78. The minimum absolute atomic E-state index is 0.203. The lowest BCUT2D eigenvalue weighted by atomic mass is 9.52. The van der Waals surface area contributed by atoms with Crippen LogP contribution in [0.4, 0.5) is 0 Å². The summed E-state index contributed by atoms with van der Waals surface area (Å²) in [5.41, 5.74) is 4.35. The van der Waals surface area contributed by atoms with Crippen LogP contribution in [0.1, 0.15) is 139 Å². The van der Waals surface area contributed by atoms with Crippen molar-refractivity contribution in [3.05, 3.63) is 11.3 Å². The van der Waals surface area contributed by atoms with Gasteiger partial charge in [-0.3, -0.25) is 0 Å². The van der Waals surface area contributed by atoms with Crippen LogP contribution in [-0.2, 0) is 4.74 Å². The van der Waals surface area contributed by atoms with E-state index in [-0.39, 0.29) is 5.41 Å². The van der Waals surface area contributed by atoms with Crippen molar-refractivity contribution in [1.29, 1.82) is 0 Å². The van der Waals surface area contributed by atoms with Crippen LogP contribution in [0.3, 0.4) is 0 Å². The fraction of sp³-hybridized carbons (Fsp3) is 0.946. The Kier molecular flexibility index (Phi) is 7.59. The fourth-order valence-corrected chi connectivity index (χ4v) is 11.0. The molecule has 1 N–H and O–H groups in total. The second kappa shape index (κ2) is 10.3. The second-order valence-corrected chi connectivity index (χ2v) is 18.3. The average Bonchev–Trinajstić information content (AvgIpc) is 3.44. The summed E-state index contributed by atoms with van der Waals surface area (Å²) in [5.74, 6) is 7.40. The Balaban J connectivity index is 1.21. The Morgan fingerprint density at radius 3 is 2.18 bits per heavy atom. The molecule has 2 heterocycles. The molecule has 0 radical (unpaired) electrons. The van der Waals surface area contributed by atoms with Crippen molar-refractivity contribution in [2.45, 2.75) is 151 Å². The molecule has 10 atom stereocenters. The highest BCUT2D eigenvalue weighted by Gasteiger charge is 2.51. The molecule has 39 heavy (non-hydrogen) atoms. The van der Waals surface area contributed by atoms with E-state index < -0.39 is 0 Å². The second-order valence-electron chi connectivity index (χ2n) is 18.3. The van der Waals surface area contributed by atoms with Crippen LogP contribution in [0, 0.1) is 63.6 Å². The van der Waals surface area contributed by atoms with Crippen molar-refractivity contribution in [1.82, 2.24) is 5.32 Å². The maximum absolute atomic E-state index is 7.19. The van der Waals surface area contributed by atoms with Crippen molar-refractivity contribution in [2.75, 3.05) is 6.54 Å². The highest BCUT2D eigenvalue weighted by Crippen LogP contribution is 2.59. The van der Waals surface area contributed by atoms with E-state index in [1.54, 1.807) is 11.3 Å². The molecule has 0 amide bonds. The molecular weight excluding hydrogens is 474 g/mol. The quantitative estimate of drug-likeness (QED) is 0.385. The molecule has 0 saturated heterocycles. The average molecular weight is 538 g/mol. The van der Waals surface area contributed by atoms with E-state index in [1.165, 1.54) is 77.0 Å². The molecule has 4 aliphatic carbocycles. The van der Waals surface area contributed by atoms with Gasteiger partial charge in [0, 0.05) is 18.7 Å². The maximum Gasteiger partial charge on any atom is 0.0840 e. The van der Waals surface area contributed by atoms with Crippen molar-refractivity contribution < 1.29 is 4.74 Å². The first-order valence-corrected chi connectivity index (χ1v) is 17.4. The molecule has 2 nitrogen and oxygen atoms in total. The molecule has 0 aromatic rings.